The molecule has 0 radical (unpaired) electrons. The molecule has 11 heteroatoms. The Hall–Kier alpha value is -2.27. The minimum atomic E-state index is -3.86. The van der Waals surface area contributed by atoms with E-state index in [-0.39, 0.29) is 21.3 Å². The Labute approximate surface area is 151 Å². The molecule has 0 amide bonds. The van der Waals surface area contributed by atoms with E-state index in [4.69, 9.17) is 11.6 Å². The van der Waals surface area contributed by atoms with Gasteiger partial charge in [-0.15, -0.1) is 22.0 Å². The molecule has 25 heavy (non-hydrogen) atoms. The van der Waals surface area contributed by atoms with Gasteiger partial charge in [0.05, 0.1) is 10.6 Å². The summed E-state index contributed by atoms with van der Waals surface area (Å²) in [6.45, 7) is 1.11. The highest BCUT2D eigenvalue weighted by atomic mass is 35.5. The molecule has 1 aromatic heterocycles. The molecule has 3 rings (SSSR count). The van der Waals surface area contributed by atoms with Crippen LogP contribution in [0.5, 0.6) is 0 Å². The Morgan fingerprint density at radius 3 is 2.52 bits per heavy atom. The zero-order chi connectivity index (χ0) is 18.2. The molecule has 2 heterocycles. The van der Waals surface area contributed by atoms with Gasteiger partial charge in [-0.2, -0.15) is 0 Å². The number of halogens is 1. The molecule has 0 saturated carbocycles. The van der Waals surface area contributed by atoms with Gasteiger partial charge in [0.25, 0.3) is 5.78 Å². The third-order valence-corrected chi connectivity index (χ3v) is 6.25. The van der Waals surface area contributed by atoms with Crippen molar-refractivity contribution in [1.29, 1.82) is 0 Å². The number of rotatable bonds is 5. The molecule has 1 aliphatic rings. The highest BCUT2D eigenvalue weighted by molar-refractivity contribution is 7.91. The lowest BCUT2D eigenvalue weighted by molar-refractivity contribution is -0.131. The van der Waals surface area contributed by atoms with Crippen molar-refractivity contribution in [3.8, 4) is 0 Å². The molecule has 0 spiro atoms. The van der Waals surface area contributed by atoms with Crippen molar-refractivity contribution in [2.45, 2.75) is 16.7 Å². The smallest absolute Gasteiger partial charge is 0.266 e. The van der Waals surface area contributed by atoms with Gasteiger partial charge in [-0.05, 0) is 24.3 Å². The fourth-order valence-corrected chi connectivity index (χ4v) is 4.82. The molecular formula is C14H11ClN4O4S2. The largest absolute Gasteiger partial charge is 0.291 e. The Morgan fingerprint density at radius 1 is 1.20 bits per heavy atom. The summed E-state index contributed by atoms with van der Waals surface area (Å²) in [7, 11) is -3.86. The van der Waals surface area contributed by atoms with Gasteiger partial charge >= 0.3 is 0 Å². The number of hydrogen-bond donors (Lipinski definition) is 2. The monoisotopic (exact) mass is 398 g/mol. The Morgan fingerprint density at radius 2 is 1.88 bits per heavy atom. The molecule has 0 bridgehead atoms. The van der Waals surface area contributed by atoms with Crippen LogP contribution >= 0.6 is 22.9 Å². The van der Waals surface area contributed by atoms with Crippen LogP contribution in [0.3, 0.4) is 0 Å². The lowest BCUT2D eigenvalue weighted by Gasteiger charge is -2.18. The molecule has 2 N–H and O–H groups in total. The lowest BCUT2D eigenvalue weighted by Crippen LogP contribution is -2.45. The number of carbonyl (C=O) groups is 2. The first-order chi connectivity index (χ1) is 11.8. The van der Waals surface area contributed by atoms with Crippen molar-refractivity contribution in [2.75, 3.05) is 5.01 Å². The Balaban J connectivity index is 2.04. The van der Waals surface area contributed by atoms with Crippen LogP contribution in [0.4, 0.5) is 5.69 Å². The quantitative estimate of drug-likeness (QED) is 0.735. The number of ketones is 2. The molecule has 8 nitrogen and oxygen atoms in total. The predicted octanol–water partition coefficient (Wildman–Crippen LogP) is 1.54. The van der Waals surface area contributed by atoms with Crippen LogP contribution in [0.25, 0.3) is 0 Å². The SMILES string of the molecule is CC(=O)C(=O)C1=NNNN1c1cscc1S(=O)(=O)c1ccc(Cl)cc1. The van der Waals surface area contributed by atoms with Crippen LogP contribution in [0, 0.1) is 0 Å². The molecule has 1 aliphatic heterocycles. The van der Waals surface area contributed by atoms with Gasteiger partial charge in [0.15, 0.2) is 0 Å². The van der Waals surface area contributed by atoms with Crippen LogP contribution in [0.2, 0.25) is 5.02 Å². The number of hydrazine groups is 2. The summed E-state index contributed by atoms with van der Waals surface area (Å²) in [5.41, 5.74) is 5.08. The predicted molar refractivity (Wildman–Crippen MR) is 93.1 cm³/mol. The highest BCUT2D eigenvalue weighted by Crippen LogP contribution is 2.34. The summed E-state index contributed by atoms with van der Waals surface area (Å²) >= 11 is 6.93. The van der Waals surface area contributed by atoms with E-state index >= 15 is 0 Å². The van der Waals surface area contributed by atoms with E-state index in [1.165, 1.54) is 35.0 Å². The molecular weight excluding hydrogens is 388 g/mol. The van der Waals surface area contributed by atoms with Crippen LogP contribution in [0.15, 0.2) is 49.9 Å². The lowest BCUT2D eigenvalue weighted by atomic mass is 10.2. The molecule has 1 aromatic carbocycles. The third-order valence-electron chi connectivity index (χ3n) is 3.32. The number of nitrogens with zero attached hydrogens (tertiary/aromatic N) is 2. The molecule has 0 unspecified atom stereocenters. The van der Waals surface area contributed by atoms with Crippen molar-refractivity contribution < 1.29 is 18.0 Å². The van der Waals surface area contributed by atoms with Gasteiger partial charge in [0.2, 0.25) is 21.5 Å². The summed E-state index contributed by atoms with van der Waals surface area (Å²) in [5.74, 6) is -1.80. The summed E-state index contributed by atoms with van der Waals surface area (Å²) in [4.78, 5) is 23.3. The molecule has 0 fully saturated rings. The van der Waals surface area contributed by atoms with Gasteiger partial charge in [0, 0.05) is 22.7 Å². The number of hydrogen-bond acceptors (Lipinski definition) is 9. The second kappa shape index (κ2) is 6.56. The fraction of sp³-hybridized carbons (Fsp3) is 0.0714. The summed E-state index contributed by atoms with van der Waals surface area (Å²) in [6, 6.07) is 5.74. The average molecular weight is 399 g/mol. The third kappa shape index (κ3) is 3.16. The zero-order valence-corrected chi connectivity index (χ0v) is 15.1. The maximum Gasteiger partial charge on any atom is 0.266 e. The van der Waals surface area contributed by atoms with Gasteiger partial charge in [0.1, 0.15) is 4.90 Å². The van der Waals surface area contributed by atoms with Gasteiger partial charge < -0.3 is 0 Å². The van der Waals surface area contributed by atoms with E-state index < -0.39 is 21.4 Å². The van der Waals surface area contributed by atoms with Crippen molar-refractivity contribution in [3.05, 3.63) is 40.0 Å². The molecule has 2 aromatic rings. The maximum absolute atomic E-state index is 12.9. The zero-order valence-electron chi connectivity index (χ0n) is 12.7. The first-order valence-electron chi connectivity index (χ1n) is 6.83. The second-order valence-electron chi connectivity index (χ2n) is 4.96. The van der Waals surface area contributed by atoms with Crippen LogP contribution in [0.1, 0.15) is 6.92 Å². The fourth-order valence-electron chi connectivity index (χ4n) is 2.10. The standard InChI is InChI=1S/C14H11ClN4O4S2/c1-8(20)13(21)14-16-17-18-19(14)11-6-24-7-12(11)25(22,23)10-4-2-9(15)3-5-10/h2-7,17-18H,1H3. The van der Waals surface area contributed by atoms with Crippen LogP contribution in [-0.4, -0.2) is 25.8 Å². The maximum atomic E-state index is 12.9. The molecule has 0 aliphatic carbocycles. The van der Waals surface area contributed by atoms with E-state index in [0.29, 0.717) is 5.02 Å². The van der Waals surface area contributed by atoms with E-state index in [0.717, 1.165) is 23.3 Å². The number of Topliss-reactive ketones (excluding diaryl/α,β-unsaturated/α-hetero) is 2. The molecule has 130 valence electrons. The van der Waals surface area contributed by atoms with Gasteiger partial charge in [-0.1, -0.05) is 11.6 Å². The molecule has 0 atom stereocenters. The normalized spacial score (nSPS) is 14.2. The van der Waals surface area contributed by atoms with Crippen molar-refractivity contribution in [1.82, 2.24) is 11.1 Å². The van der Waals surface area contributed by atoms with Crippen LogP contribution < -0.4 is 16.1 Å². The second-order valence-corrected chi connectivity index (χ2v) is 8.06. The topological polar surface area (TPSA) is 108 Å². The minimum absolute atomic E-state index is 0.0277. The summed E-state index contributed by atoms with van der Waals surface area (Å²) in [6.07, 6.45) is 0. The van der Waals surface area contributed by atoms with Gasteiger partial charge in [-0.25, -0.2) is 19.0 Å². The number of nitrogens with one attached hydrogen (secondary N) is 2. The van der Waals surface area contributed by atoms with E-state index in [9.17, 15) is 18.0 Å². The number of amidine groups is 1. The average Bonchev–Trinajstić information content (AvgIpc) is 3.23. The Kier molecular flexibility index (Phi) is 4.60. The highest BCUT2D eigenvalue weighted by Gasteiger charge is 2.33. The Bertz CT molecular complexity index is 983. The van der Waals surface area contributed by atoms with Crippen LogP contribution in [-0.2, 0) is 19.4 Å². The first-order valence-corrected chi connectivity index (χ1v) is 9.63. The van der Waals surface area contributed by atoms with E-state index in [1.54, 1.807) is 0 Å². The number of benzene rings is 1. The number of thiophene rings is 1. The summed E-state index contributed by atoms with van der Waals surface area (Å²) in [5, 5.41) is 8.22. The van der Waals surface area contributed by atoms with E-state index in [1.807, 2.05) is 0 Å². The van der Waals surface area contributed by atoms with Gasteiger partial charge in [-0.3, -0.25) is 9.59 Å². The van der Waals surface area contributed by atoms with Crippen molar-refractivity contribution in [3.63, 3.8) is 0 Å². The molecule has 0 saturated heterocycles. The summed E-state index contributed by atoms with van der Waals surface area (Å²) < 4.78 is 25.8. The van der Waals surface area contributed by atoms with Crippen molar-refractivity contribution >= 4 is 55.9 Å². The van der Waals surface area contributed by atoms with E-state index in [2.05, 4.69) is 16.2 Å². The minimum Gasteiger partial charge on any atom is -0.291 e. The number of hydrazone groups is 1. The first kappa shape index (κ1) is 17.5. The number of sulfone groups is 1. The van der Waals surface area contributed by atoms with Crippen molar-refractivity contribution in [2.24, 2.45) is 5.10 Å². The number of carbonyl (C=O) groups excluding carboxylic acids is 2. The number of anilines is 1.